The Bertz CT molecular complexity index is 561. The zero-order valence-electron chi connectivity index (χ0n) is 9.77. The Morgan fingerprint density at radius 1 is 1.28 bits per heavy atom. The van der Waals surface area contributed by atoms with E-state index in [4.69, 9.17) is 5.73 Å². The molecule has 1 aromatic heterocycles. The van der Waals surface area contributed by atoms with E-state index in [2.05, 4.69) is 26.2 Å². The van der Waals surface area contributed by atoms with Gasteiger partial charge in [0.15, 0.2) is 0 Å². The SMILES string of the molecule is Cc1cc(C(=O)Nc2ccc(Br)cc2)cc(N)n1. The van der Waals surface area contributed by atoms with Gasteiger partial charge in [0, 0.05) is 21.4 Å². The van der Waals surface area contributed by atoms with Gasteiger partial charge in [-0.25, -0.2) is 4.98 Å². The van der Waals surface area contributed by atoms with E-state index in [0.29, 0.717) is 11.4 Å². The van der Waals surface area contributed by atoms with Crippen LogP contribution in [0.2, 0.25) is 0 Å². The first-order chi connectivity index (χ1) is 8.54. The summed E-state index contributed by atoms with van der Waals surface area (Å²) in [6.45, 7) is 1.80. The van der Waals surface area contributed by atoms with E-state index < -0.39 is 0 Å². The number of nitrogens with zero attached hydrogens (tertiary/aromatic N) is 1. The number of nitrogen functional groups attached to an aromatic ring is 1. The highest BCUT2D eigenvalue weighted by atomic mass is 79.9. The van der Waals surface area contributed by atoms with Crippen LogP contribution in [-0.4, -0.2) is 10.9 Å². The highest BCUT2D eigenvalue weighted by Gasteiger charge is 2.07. The first-order valence-corrected chi connectivity index (χ1v) is 6.15. The van der Waals surface area contributed by atoms with Gasteiger partial charge in [-0.15, -0.1) is 0 Å². The number of amides is 1. The summed E-state index contributed by atoms with van der Waals surface area (Å²) in [6.07, 6.45) is 0. The molecule has 2 aromatic rings. The van der Waals surface area contributed by atoms with Gasteiger partial charge in [0.25, 0.3) is 5.91 Å². The van der Waals surface area contributed by atoms with Gasteiger partial charge in [0.05, 0.1) is 0 Å². The summed E-state index contributed by atoms with van der Waals surface area (Å²) < 4.78 is 0.962. The number of carbonyl (C=O) groups is 1. The lowest BCUT2D eigenvalue weighted by Gasteiger charge is -2.06. The minimum Gasteiger partial charge on any atom is -0.384 e. The van der Waals surface area contributed by atoms with Crippen LogP contribution < -0.4 is 11.1 Å². The van der Waals surface area contributed by atoms with E-state index in [-0.39, 0.29) is 5.91 Å². The minimum absolute atomic E-state index is 0.200. The Morgan fingerprint density at radius 2 is 1.94 bits per heavy atom. The van der Waals surface area contributed by atoms with Crippen molar-refractivity contribution in [2.45, 2.75) is 6.92 Å². The first kappa shape index (κ1) is 12.6. The lowest BCUT2D eigenvalue weighted by atomic mass is 10.2. The van der Waals surface area contributed by atoms with Crippen molar-refractivity contribution >= 4 is 33.3 Å². The molecule has 0 unspecified atom stereocenters. The molecule has 4 nitrogen and oxygen atoms in total. The molecule has 0 aliphatic rings. The second kappa shape index (κ2) is 5.18. The number of pyridine rings is 1. The monoisotopic (exact) mass is 305 g/mol. The molecule has 18 heavy (non-hydrogen) atoms. The third kappa shape index (κ3) is 3.07. The number of hydrogen-bond acceptors (Lipinski definition) is 3. The predicted octanol–water partition coefficient (Wildman–Crippen LogP) is 2.99. The Labute approximate surface area is 113 Å². The van der Waals surface area contributed by atoms with Crippen molar-refractivity contribution in [3.05, 3.63) is 52.1 Å². The number of aromatic nitrogens is 1. The average Bonchev–Trinajstić information content (AvgIpc) is 2.31. The summed E-state index contributed by atoms with van der Waals surface area (Å²) >= 11 is 3.34. The van der Waals surface area contributed by atoms with E-state index >= 15 is 0 Å². The van der Waals surface area contributed by atoms with Gasteiger partial charge >= 0.3 is 0 Å². The normalized spacial score (nSPS) is 10.1. The van der Waals surface area contributed by atoms with Gasteiger partial charge in [0.1, 0.15) is 5.82 Å². The zero-order valence-corrected chi connectivity index (χ0v) is 11.4. The van der Waals surface area contributed by atoms with Crippen molar-refractivity contribution < 1.29 is 4.79 Å². The van der Waals surface area contributed by atoms with Crippen LogP contribution in [0.4, 0.5) is 11.5 Å². The standard InChI is InChI=1S/C13H12BrN3O/c1-8-6-9(7-12(15)16-8)13(18)17-11-4-2-10(14)3-5-11/h2-7H,1H3,(H2,15,16)(H,17,18). The highest BCUT2D eigenvalue weighted by molar-refractivity contribution is 9.10. The fourth-order valence-corrected chi connectivity index (χ4v) is 1.83. The lowest BCUT2D eigenvalue weighted by Crippen LogP contribution is -2.13. The van der Waals surface area contributed by atoms with Gasteiger partial charge in [-0.05, 0) is 43.3 Å². The van der Waals surface area contributed by atoms with Crippen LogP contribution in [0.3, 0.4) is 0 Å². The molecule has 5 heteroatoms. The summed E-state index contributed by atoms with van der Waals surface area (Å²) in [5.41, 5.74) is 7.57. The van der Waals surface area contributed by atoms with Crippen LogP contribution in [0, 0.1) is 6.92 Å². The maximum atomic E-state index is 12.0. The molecule has 0 bridgehead atoms. The quantitative estimate of drug-likeness (QED) is 0.896. The van der Waals surface area contributed by atoms with Crippen molar-refractivity contribution in [1.29, 1.82) is 0 Å². The lowest BCUT2D eigenvalue weighted by molar-refractivity contribution is 0.102. The van der Waals surface area contributed by atoms with Crippen molar-refractivity contribution in [2.24, 2.45) is 0 Å². The molecule has 92 valence electrons. The number of nitrogens with two attached hydrogens (primary N) is 1. The zero-order chi connectivity index (χ0) is 13.1. The van der Waals surface area contributed by atoms with E-state index in [0.717, 1.165) is 15.9 Å². The Kier molecular flexibility index (Phi) is 3.62. The second-order valence-corrected chi connectivity index (χ2v) is 4.80. The van der Waals surface area contributed by atoms with E-state index in [1.807, 2.05) is 24.3 Å². The van der Waals surface area contributed by atoms with Crippen molar-refractivity contribution in [3.8, 4) is 0 Å². The van der Waals surface area contributed by atoms with E-state index in [9.17, 15) is 4.79 Å². The fraction of sp³-hybridized carbons (Fsp3) is 0.0769. The Morgan fingerprint density at radius 3 is 2.56 bits per heavy atom. The minimum atomic E-state index is -0.200. The number of rotatable bonds is 2. The van der Waals surface area contributed by atoms with Gasteiger partial charge < -0.3 is 11.1 Å². The van der Waals surface area contributed by atoms with Crippen molar-refractivity contribution in [1.82, 2.24) is 4.98 Å². The molecule has 1 heterocycles. The summed E-state index contributed by atoms with van der Waals surface area (Å²) in [5.74, 6) is 0.144. The molecule has 3 N–H and O–H groups in total. The smallest absolute Gasteiger partial charge is 0.255 e. The second-order valence-electron chi connectivity index (χ2n) is 3.88. The molecule has 0 saturated heterocycles. The third-order valence-corrected chi connectivity index (χ3v) is 2.87. The number of carbonyl (C=O) groups excluding carboxylic acids is 1. The van der Waals surface area contributed by atoms with Crippen LogP contribution in [0.25, 0.3) is 0 Å². The van der Waals surface area contributed by atoms with Crippen LogP contribution in [0.5, 0.6) is 0 Å². The molecule has 0 aliphatic carbocycles. The summed E-state index contributed by atoms with van der Waals surface area (Å²) in [5, 5.41) is 2.80. The third-order valence-electron chi connectivity index (χ3n) is 2.34. The Hall–Kier alpha value is -1.88. The van der Waals surface area contributed by atoms with Crippen LogP contribution in [-0.2, 0) is 0 Å². The first-order valence-electron chi connectivity index (χ1n) is 5.36. The number of aryl methyl sites for hydroxylation is 1. The average molecular weight is 306 g/mol. The van der Waals surface area contributed by atoms with E-state index in [1.165, 1.54) is 0 Å². The molecule has 0 aliphatic heterocycles. The number of benzene rings is 1. The van der Waals surface area contributed by atoms with Crippen LogP contribution in [0.15, 0.2) is 40.9 Å². The van der Waals surface area contributed by atoms with Gasteiger partial charge in [0.2, 0.25) is 0 Å². The fourth-order valence-electron chi connectivity index (χ4n) is 1.56. The predicted molar refractivity (Wildman–Crippen MR) is 75.5 cm³/mol. The van der Waals surface area contributed by atoms with E-state index in [1.54, 1.807) is 19.1 Å². The molecular formula is C13H12BrN3O. The number of halogens is 1. The molecule has 1 amide bonds. The molecule has 0 saturated carbocycles. The molecular weight excluding hydrogens is 294 g/mol. The van der Waals surface area contributed by atoms with Crippen LogP contribution >= 0.6 is 15.9 Å². The van der Waals surface area contributed by atoms with Crippen molar-refractivity contribution in [2.75, 3.05) is 11.1 Å². The topological polar surface area (TPSA) is 68.0 Å². The molecule has 0 radical (unpaired) electrons. The number of anilines is 2. The number of nitrogens with one attached hydrogen (secondary N) is 1. The molecule has 2 rings (SSSR count). The summed E-state index contributed by atoms with van der Waals surface area (Å²) in [6, 6.07) is 10.6. The molecule has 0 spiro atoms. The maximum absolute atomic E-state index is 12.0. The van der Waals surface area contributed by atoms with Gasteiger partial charge in [-0.2, -0.15) is 0 Å². The summed E-state index contributed by atoms with van der Waals surface area (Å²) in [7, 11) is 0. The highest BCUT2D eigenvalue weighted by Crippen LogP contribution is 2.15. The largest absolute Gasteiger partial charge is 0.384 e. The van der Waals surface area contributed by atoms with Gasteiger partial charge in [-0.1, -0.05) is 15.9 Å². The maximum Gasteiger partial charge on any atom is 0.255 e. The van der Waals surface area contributed by atoms with Gasteiger partial charge in [-0.3, -0.25) is 4.79 Å². The summed E-state index contributed by atoms with van der Waals surface area (Å²) in [4.78, 5) is 16.0. The van der Waals surface area contributed by atoms with Crippen LogP contribution in [0.1, 0.15) is 16.1 Å². The Balaban J connectivity index is 2.19. The van der Waals surface area contributed by atoms with Crippen molar-refractivity contribution in [3.63, 3.8) is 0 Å². The number of hydrogen-bond donors (Lipinski definition) is 2. The molecule has 0 atom stereocenters. The molecule has 1 aromatic carbocycles. The molecule has 0 fully saturated rings.